The lowest BCUT2D eigenvalue weighted by Gasteiger charge is -2.36. The van der Waals surface area contributed by atoms with E-state index in [-0.39, 0.29) is 18.4 Å². The van der Waals surface area contributed by atoms with Crippen molar-refractivity contribution < 1.29 is 9.90 Å². The lowest BCUT2D eigenvalue weighted by molar-refractivity contribution is -0.123. The van der Waals surface area contributed by atoms with Crippen LogP contribution in [0.2, 0.25) is 0 Å². The Labute approximate surface area is 107 Å². The fraction of sp³-hybridized carbons (Fsp3) is 0.615. The third-order valence-corrected chi connectivity index (χ3v) is 3.94. The molecule has 100 valence electrons. The number of aromatic amines is 1. The van der Waals surface area contributed by atoms with Gasteiger partial charge in [-0.05, 0) is 31.7 Å². The topological polar surface area (TPSA) is 82.3 Å². The van der Waals surface area contributed by atoms with Crippen LogP contribution < -0.4 is 10.6 Å². The number of hydrogen-bond acceptors (Lipinski definition) is 3. The Balaban J connectivity index is 1.96. The van der Waals surface area contributed by atoms with Crippen LogP contribution in [0.25, 0.3) is 0 Å². The van der Waals surface area contributed by atoms with Crippen LogP contribution in [-0.4, -0.2) is 35.2 Å². The molecule has 0 radical (unpaired) electrons. The number of carbonyl (C=O) groups excluding carboxylic acids is 1. The van der Waals surface area contributed by atoms with Gasteiger partial charge in [-0.2, -0.15) is 0 Å². The van der Waals surface area contributed by atoms with Crippen LogP contribution in [0.5, 0.6) is 0 Å². The summed E-state index contributed by atoms with van der Waals surface area (Å²) in [7, 11) is 1.79. The number of amides is 1. The molecular formula is C13H21N3O2. The van der Waals surface area contributed by atoms with Gasteiger partial charge in [0.05, 0.1) is 12.3 Å². The first kappa shape index (κ1) is 13.1. The molecule has 1 saturated carbocycles. The van der Waals surface area contributed by atoms with E-state index in [0.29, 0.717) is 12.8 Å². The van der Waals surface area contributed by atoms with Gasteiger partial charge in [0, 0.05) is 30.9 Å². The Morgan fingerprint density at radius 1 is 1.61 bits per heavy atom. The Bertz CT molecular complexity index is 394. The van der Waals surface area contributed by atoms with E-state index < -0.39 is 5.54 Å². The molecular weight excluding hydrogens is 230 g/mol. The summed E-state index contributed by atoms with van der Waals surface area (Å²) in [4.78, 5) is 16.9. The highest BCUT2D eigenvalue weighted by Gasteiger charge is 2.35. The minimum Gasteiger partial charge on any atom is -0.394 e. The monoisotopic (exact) mass is 251 g/mol. The molecule has 4 N–H and O–H groups in total. The molecule has 0 atom stereocenters. The number of nitrogens with zero attached hydrogens (tertiary/aromatic N) is 1. The Morgan fingerprint density at radius 3 is 2.78 bits per heavy atom. The Morgan fingerprint density at radius 2 is 2.28 bits per heavy atom. The Hall–Kier alpha value is -1.33. The number of H-pyrrole nitrogens is 1. The van der Waals surface area contributed by atoms with Gasteiger partial charge in [-0.1, -0.05) is 0 Å². The fourth-order valence-corrected chi connectivity index (χ4v) is 2.52. The number of rotatable bonds is 3. The number of aromatic nitrogens is 1. The average Bonchev–Trinajstić information content (AvgIpc) is 2.92. The molecule has 1 aliphatic rings. The van der Waals surface area contributed by atoms with Crippen molar-refractivity contribution in [1.82, 2.24) is 4.98 Å². The van der Waals surface area contributed by atoms with E-state index in [1.54, 1.807) is 18.1 Å². The van der Waals surface area contributed by atoms with Crippen LogP contribution in [-0.2, 0) is 4.79 Å². The Kier molecular flexibility index (Phi) is 3.73. The van der Waals surface area contributed by atoms with Crippen molar-refractivity contribution in [3.63, 3.8) is 0 Å². The summed E-state index contributed by atoms with van der Waals surface area (Å²) in [5.41, 5.74) is 6.41. The van der Waals surface area contributed by atoms with Gasteiger partial charge in [0.25, 0.3) is 0 Å². The van der Waals surface area contributed by atoms with Crippen LogP contribution in [0.1, 0.15) is 25.7 Å². The molecule has 0 aliphatic heterocycles. The van der Waals surface area contributed by atoms with E-state index in [1.165, 1.54) is 0 Å². The average molecular weight is 251 g/mol. The highest BCUT2D eigenvalue weighted by Crippen LogP contribution is 2.31. The second-order valence-electron chi connectivity index (χ2n) is 5.26. The summed E-state index contributed by atoms with van der Waals surface area (Å²) >= 11 is 0. The molecule has 0 spiro atoms. The van der Waals surface area contributed by atoms with Gasteiger partial charge in [-0.15, -0.1) is 0 Å². The molecule has 1 fully saturated rings. The maximum atomic E-state index is 12.3. The molecule has 1 amide bonds. The zero-order chi connectivity index (χ0) is 13.2. The molecule has 1 heterocycles. The molecule has 0 bridgehead atoms. The highest BCUT2D eigenvalue weighted by molar-refractivity contribution is 5.94. The molecule has 5 nitrogen and oxygen atoms in total. The number of anilines is 1. The third kappa shape index (κ3) is 2.57. The van der Waals surface area contributed by atoms with Crippen molar-refractivity contribution in [2.75, 3.05) is 18.6 Å². The number of hydrogen-bond donors (Lipinski definition) is 3. The summed E-state index contributed by atoms with van der Waals surface area (Å²) in [5.74, 6) is 0.155. The fourth-order valence-electron chi connectivity index (χ4n) is 2.52. The van der Waals surface area contributed by atoms with Gasteiger partial charge in [0.2, 0.25) is 5.91 Å². The second kappa shape index (κ2) is 5.12. The molecule has 0 aromatic carbocycles. The van der Waals surface area contributed by atoms with Crippen molar-refractivity contribution in [1.29, 1.82) is 0 Å². The largest absolute Gasteiger partial charge is 0.394 e. The van der Waals surface area contributed by atoms with E-state index in [2.05, 4.69) is 4.98 Å². The molecule has 1 aromatic heterocycles. The predicted octanol–water partition coefficient (Wildman–Crippen LogP) is 0.857. The maximum absolute atomic E-state index is 12.3. The summed E-state index contributed by atoms with van der Waals surface area (Å²) in [6.07, 6.45) is 6.54. The first-order valence-electron chi connectivity index (χ1n) is 6.36. The SMILES string of the molecule is CN(C(=O)C1CCC(N)(CO)CC1)c1cc[nH]c1. The number of nitrogens with one attached hydrogen (secondary N) is 1. The standard InChI is InChI=1S/C13H21N3O2/c1-16(11-4-7-15-8-11)12(18)10-2-5-13(14,9-17)6-3-10/h4,7-8,10,15,17H,2-3,5-6,9,14H2,1H3. The predicted molar refractivity (Wildman–Crippen MR) is 70.2 cm³/mol. The molecule has 1 aliphatic carbocycles. The number of carbonyl (C=O) groups is 1. The zero-order valence-corrected chi connectivity index (χ0v) is 10.7. The minimum atomic E-state index is -0.483. The summed E-state index contributed by atoms with van der Waals surface area (Å²) in [6.45, 7) is 0.00155. The van der Waals surface area contributed by atoms with Gasteiger partial charge in [-0.25, -0.2) is 0 Å². The maximum Gasteiger partial charge on any atom is 0.229 e. The van der Waals surface area contributed by atoms with E-state index in [9.17, 15) is 9.90 Å². The van der Waals surface area contributed by atoms with Crippen LogP contribution in [0.3, 0.4) is 0 Å². The van der Waals surface area contributed by atoms with Crippen LogP contribution in [0.15, 0.2) is 18.5 Å². The molecule has 2 rings (SSSR count). The summed E-state index contributed by atoms with van der Waals surface area (Å²) in [5, 5.41) is 9.21. The van der Waals surface area contributed by atoms with Crippen molar-refractivity contribution in [3.8, 4) is 0 Å². The first-order chi connectivity index (χ1) is 8.56. The lowest BCUT2D eigenvalue weighted by Crippen LogP contribution is -2.48. The molecule has 1 aromatic rings. The van der Waals surface area contributed by atoms with Crippen molar-refractivity contribution in [3.05, 3.63) is 18.5 Å². The van der Waals surface area contributed by atoms with Gasteiger partial charge >= 0.3 is 0 Å². The number of nitrogens with two attached hydrogens (primary N) is 1. The number of aliphatic hydroxyl groups is 1. The van der Waals surface area contributed by atoms with Crippen LogP contribution in [0, 0.1) is 5.92 Å². The normalized spacial score (nSPS) is 28.1. The lowest BCUT2D eigenvalue weighted by atomic mass is 9.77. The molecule has 0 unspecified atom stereocenters. The van der Waals surface area contributed by atoms with Crippen LogP contribution >= 0.6 is 0 Å². The highest BCUT2D eigenvalue weighted by atomic mass is 16.3. The van der Waals surface area contributed by atoms with Gasteiger partial charge < -0.3 is 20.7 Å². The quantitative estimate of drug-likeness (QED) is 0.745. The van der Waals surface area contributed by atoms with Crippen LogP contribution in [0.4, 0.5) is 5.69 Å². The van der Waals surface area contributed by atoms with Crippen molar-refractivity contribution >= 4 is 11.6 Å². The summed E-state index contributed by atoms with van der Waals surface area (Å²) < 4.78 is 0. The van der Waals surface area contributed by atoms with Gasteiger partial charge in [0.1, 0.15) is 0 Å². The van der Waals surface area contributed by atoms with E-state index >= 15 is 0 Å². The van der Waals surface area contributed by atoms with E-state index in [1.807, 2.05) is 12.3 Å². The third-order valence-electron chi connectivity index (χ3n) is 3.94. The van der Waals surface area contributed by atoms with Gasteiger partial charge in [-0.3, -0.25) is 4.79 Å². The smallest absolute Gasteiger partial charge is 0.229 e. The summed E-state index contributed by atoms with van der Waals surface area (Å²) in [6, 6.07) is 1.88. The van der Waals surface area contributed by atoms with E-state index in [0.717, 1.165) is 18.5 Å². The minimum absolute atomic E-state index is 0.00155. The van der Waals surface area contributed by atoms with Gasteiger partial charge in [0.15, 0.2) is 0 Å². The molecule has 18 heavy (non-hydrogen) atoms. The second-order valence-corrected chi connectivity index (χ2v) is 5.26. The van der Waals surface area contributed by atoms with Crippen molar-refractivity contribution in [2.45, 2.75) is 31.2 Å². The zero-order valence-electron chi connectivity index (χ0n) is 10.7. The first-order valence-corrected chi connectivity index (χ1v) is 6.36. The molecule has 0 saturated heterocycles. The molecule has 5 heteroatoms. The number of aliphatic hydroxyl groups excluding tert-OH is 1. The van der Waals surface area contributed by atoms with E-state index in [4.69, 9.17) is 5.73 Å². The van der Waals surface area contributed by atoms with Crippen molar-refractivity contribution in [2.24, 2.45) is 11.7 Å².